The number of nitrogens with zero attached hydrogens (tertiary/aromatic N) is 8. The van der Waals surface area contributed by atoms with E-state index in [0.29, 0.717) is 47.6 Å². The Bertz CT molecular complexity index is 2210. The molecule has 2 N–H and O–H groups in total. The zero-order valence-corrected chi connectivity index (χ0v) is 29.8. The highest BCUT2D eigenvalue weighted by Gasteiger charge is 2.32. The van der Waals surface area contributed by atoms with E-state index in [0.717, 1.165) is 37.6 Å². The topological polar surface area (TPSA) is 139 Å². The molecule has 2 saturated heterocycles. The Morgan fingerprint density at radius 2 is 1.65 bits per heavy atom. The summed E-state index contributed by atoms with van der Waals surface area (Å²) in [5.41, 5.74) is 9.10. The number of piperazine rings is 1. The number of likely N-dealkylation sites (tertiary alicyclic amines) is 1. The number of rotatable bonds is 8. The molecule has 7 rings (SSSR count). The second-order valence-electron chi connectivity index (χ2n) is 14.1. The van der Waals surface area contributed by atoms with Gasteiger partial charge in [-0.15, -0.1) is 0 Å². The molecule has 5 aromatic rings. The molecule has 1 unspecified atom stereocenters. The lowest BCUT2D eigenvalue weighted by Crippen LogP contribution is -2.44. The molecular weight excluding hydrogens is 654 g/mol. The van der Waals surface area contributed by atoms with Crippen LogP contribution in [0, 0.1) is 11.3 Å². The van der Waals surface area contributed by atoms with Gasteiger partial charge in [0, 0.05) is 62.8 Å². The molecule has 12 heteroatoms. The fraction of sp³-hybridized carbons (Fsp3) is 0.325. The summed E-state index contributed by atoms with van der Waals surface area (Å²) in [7, 11) is 2.13. The van der Waals surface area contributed by atoms with Crippen molar-refractivity contribution in [2.45, 2.75) is 38.1 Å². The standard InChI is InChI=1S/C40H43N9O3/c1-40(2,35-24-30(15-17-43-35)46-22-20-45(3)21-23-46)25-28(26-41)38(50)47-19-7-8-31(27-47)48-34-16-18-44-37(42)36(34)49(39(48)51)29-11-13-33(14-12-29)52-32-9-5-4-6-10-32/h4-6,9-18,24-25,31H,7-8,19-23,27H2,1-3H3,(H2,42,44). The summed E-state index contributed by atoms with van der Waals surface area (Å²) in [6, 6.07) is 24.4. The van der Waals surface area contributed by atoms with E-state index in [1.165, 1.54) is 0 Å². The van der Waals surface area contributed by atoms with Crippen molar-refractivity contribution in [3.63, 3.8) is 0 Å². The van der Waals surface area contributed by atoms with E-state index in [4.69, 9.17) is 10.5 Å². The molecule has 1 atom stereocenters. The molecule has 3 aromatic heterocycles. The van der Waals surface area contributed by atoms with Gasteiger partial charge in [0.15, 0.2) is 0 Å². The number of carbonyl (C=O) groups is 1. The lowest BCUT2D eigenvalue weighted by Gasteiger charge is -2.35. The highest BCUT2D eigenvalue weighted by atomic mass is 16.5. The number of benzene rings is 2. The summed E-state index contributed by atoms with van der Waals surface area (Å²) >= 11 is 0. The van der Waals surface area contributed by atoms with Gasteiger partial charge >= 0.3 is 5.69 Å². The fourth-order valence-corrected chi connectivity index (χ4v) is 7.20. The van der Waals surface area contributed by atoms with E-state index in [9.17, 15) is 14.9 Å². The number of para-hydroxylation sites is 1. The van der Waals surface area contributed by atoms with E-state index in [1.54, 1.807) is 50.7 Å². The van der Waals surface area contributed by atoms with Gasteiger partial charge in [-0.1, -0.05) is 32.0 Å². The number of nitrogens with two attached hydrogens (primary N) is 1. The van der Waals surface area contributed by atoms with Gasteiger partial charge in [0.2, 0.25) is 0 Å². The van der Waals surface area contributed by atoms with E-state index < -0.39 is 5.41 Å². The zero-order chi connectivity index (χ0) is 36.4. The smallest absolute Gasteiger partial charge is 0.334 e. The summed E-state index contributed by atoms with van der Waals surface area (Å²) in [6.07, 6.45) is 6.45. The van der Waals surface area contributed by atoms with Crippen LogP contribution in [0.4, 0.5) is 11.5 Å². The maximum atomic E-state index is 14.3. The van der Waals surface area contributed by atoms with Gasteiger partial charge in [0.1, 0.15) is 34.5 Å². The molecule has 0 spiro atoms. The number of ether oxygens (including phenoxy) is 1. The van der Waals surface area contributed by atoms with E-state index >= 15 is 0 Å². The summed E-state index contributed by atoms with van der Waals surface area (Å²) < 4.78 is 9.24. The molecule has 0 aliphatic carbocycles. The first-order valence-electron chi connectivity index (χ1n) is 17.7. The van der Waals surface area contributed by atoms with Gasteiger partial charge in [0.25, 0.3) is 5.91 Å². The minimum Gasteiger partial charge on any atom is -0.457 e. The van der Waals surface area contributed by atoms with Crippen molar-refractivity contribution < 1.29 is 9.53 Å². The van der Waals surface area contributed by atoms with Gasteiger partial charge in [0.05, 0.1) is 22.9 Å². The Kier molecular flexibility index (Phi) is 9.53. The first-order valence-corrected chi connectivity index (χ1v) is 17.7. The second kappa shape index (κ2) is 14.4. The van der Waals surface area contributed by atoms with Crippen molar-refractivity contribution in [1.29, 1.82) is 5.26 Å². The highest BCUT2D eigenvalue weighted by molar-refractivity contribution is 5.97. The molecule has 0 radical (unpaired) electrons. The monoisotopic (exact) mass is 697 g/mol. The molecule has 266 valence electrons. The van der Waals surface area contributed by atoms with Crippen molar-refractivity contribution in [1.82, 2.24) is 28.9 Å². The molecule has 1 amide bonds. The molecule has 52 heavy (non-hydrogen) atoms. The summed E-state index contributed by atoms with van der Waals surface area (Å²) in [5, 5.41) is 10.3. The molecule has 2 aliphatic rings. The number of nitriles is 1. The number of amides is 1. The molecule has 12 nitrogen and oxygen atoms in total. The van der Waals surface area contributed by atoms with Crippen molar-refractivity contribution in [3.05, 3.63) is 113 Å². The average molecular weight is 698 g/mol. The van der Waals surface area contributed by atoms with Crippen LogP contribution in [0.1, 0.15) is 38.4 Å². The van der Waals surface area contributed by atoms with Crippen LogP contribution in [-0.4, -0.2) is 81.1 Å². The van der Waals surface area contributed by atoms with Crippen molar-refractivity contribution in [2.75, 3.05) is 56.9 Å². The third-order valence-electron chi connectivity index (χ3n) is 10.1. The van der Waals surface area contributed by atoms with E-state index in [1.807, 2.05) is 62.4 Å². The maximum Gasteiger partial charge on any atom is 0.334 e. The number of allylic oxidation sites excluding steroid dienone is 1. The highest BCUT2D eigenvalue weighted by Crippen LogP contribution is 2.32. The van der Waals surface area contributed by atoms with Crippen LogP contribution in [0.25, 0.3) is 16.7 Å². The van der Waals surface area contributed by atoms with Crippen LogP contribution >= 0.6 is 0 Å². The Hall–Kier alpha value is -5.93. The second-order valence-corrected chi connectivity index (χ2v) is 14.1. The third kappa shape index (κ3) is 6.87. The largest absolute Gasteiger partial charge is 0.457 e. The number of likely N-dealkylation sites (N-methyl/N-ethyl adjacent to an activating group) is 1. The number of carbonyl (C=O) groups excluding carboxylic acids is 1. The number of hydrogen-bond acceptors (Lipinski definition) is 9. The average Bonchev–Trinajstić information content (AvgIpc) is 3.47. The molecule has 0 bridgehead atoms. The van der Waals surface area contributed by atoms with Gasteiger partial charge < -0.3 is 25.2 Å². The van der Waals surface area contributed by atoms with Gasteiger partial charge in [-0.2, -0.15) is 5.26 Å². The first kappa shape index (κ1) is 34.5. The van der Waals surface area contributed by atoms with Crippen LogP contribution in [-0.2, 0) is 10.2 Å². The summed E-state index contributed by atoms with van der Waals surface area (Å²) in [6.45, 7) is 8.51. The van der Waals surface area contributed by atoms with Crippen LogP contribution in [0.15, 0.2) is 102 Å². The number of anilines is 2. The Morgan fingerprint density at radius 1 is 0.942 bits per heavy atom. The number of fused-ring (bicyclic) bond motifs is 1. The maximum absolute atomic E-state index is 14.3. The number of imidazole rings is 1. The Labute approximate surface area is 303 Å². The predicted octanol–water partition coefficient (Wildman–Crippen LogP) is 5.30. The SMILES string of the molecule is CN1CCN(c2ccnc(C(C)(C)C=C(C#N)C(=O)N3CCCC(n4c(=O)n(-c5ccc(Oc6ccccc6)cc5)c5c(N)nccc54)C3)c2)CC1. The van der Waals surface area contributed by atoms with Crippen molar-refractivity contribution in [3.8, 4) is 23.3 Å². The normalized spacial score (nSPS) is 17.3. The zero-order valence-electron chi connectivity index (χ0n) is 29.8. The van der Waals surface area contributed by atoms with E-state index in [2.05, 4.69) is 39.0 Å². The number of nitrogen functional groups attached to an aromatic ring is 1. The van der Waals surface area contributed by atoms with Crippen LogP contribution in [0.2, 0.25) is 0 Å². The van der Waals surface area contributed by atoms with Crippen molar-refractivity contribution >= 4 is 28.4 Å². The quantitative estimate of drug-likeness (QED) is 0.169. The lowest BCUT2D eigenvalue weighted by atomic mass is 9.86. The van der Waals surface area contributed by atoms with Crippen LogP contribution in [0.5, 0.6) is 11.5 Å². The first-order chi connectivity index (χ1) is 25.1. The Morgan fingerprint density at radius 3 is 2.38 bits per heavy atom. The lowest BCUT2D eigenvalue weighted by molar-refractivity contribution is -0.128. The molecule has 0 saturated carbocycles. The summed E-state index contributed by atoms with van der Waals surface area (Å²) in [5.74, 6) is 1.20. The molecule has 5 heterocycles. The van der Waals surface area contributed by atoms with Crippen LogP contribution in [0.3, 0.4) is 0 Å². The number of hydrogen-bond donors (Lipinski definition) is 1. The third-order valence-corrected chi connectivity index (χ3v) is 10.1. The Balaban J connectivity index is 1.15. The molecule has 2 fully saturated rings. The van der Waals surface area contributed by atoms with Gasteiger partial charge in [-0.25, -0.2) is 9.78 Å². The number of pyridine rings is 2. The summed E-state index contributed by atoms with van der Waals surface area (Å²) in [4.78, 5) is 43.6. The van der Waals surface area contributed by atoms with Gasteiger partial charge in [-0.3, -0.25) is 18.9 Å². The van der Waals surface area contributed by atoms with Gasteiger partial charge in [-0.05, 0) is 80.6 Å². The molecular formula is C40H43N9O3. The fourth-order valence-electron chi connectivity index (χ4n) is 7.20. The molecule has 2 aromatic carbocycles. The minimum atomic E-state index is -0.685. The van der Waals surface area contributed by atoms with Crippen LogP contribution < -0.4 is 21.1 Å². The minimum absolute atomic E-state index is 0.0541. The molecule has 2 aliphatic heterocycles. The number of piperidine rings is 1. The van der Waals surface area contributed by atoms with Crippen molar-refractivity contribution in [2.24, 2.45) is 0 Å². The predicted molar refractivity (Wildman–Crippen MR) is 202 cm³/mol. The number of aromatic nitrogens is 4. The van der Waals surface area contributed by atoms with E-state index in [-0.39, 0.29) is 35.6 Å².